The predicted octanol–water partition coefficient (Wildman–Crippen LogP) is 6.60. The maximum absolute atomic E-state index is 13.6. The molecule has 1 aromatic carbocycles. The molecule has 1 unspecified atom stereocenters. The number of hydrogen-bond donors (Lipinski definition) is 1. The SMILES string of the molecule is CC(C)Oc1cccc(C(C(=O)OC(C)(C)C)N2CC(OCCCCCc3ccc4c(n3)NCCC4)C2)c1C1CC1. The lowest BCUT2D eigenvalue weighted by Gasteiger charge is -2.44. The molecule has 7 heteroatoms. The average Bonchev–Trinajstić information content (AvgIpc) is 3.72. The van der Waals surface area contributed by atoms with Crippen LogP contribution < -0.4 is 10.1 Å². The molecule has 2 aromatic rings. The topological polar surface area (TPSA) is 72.9 Å². The van der Waals surface area contributed by atoms with Crippen LogP contribution in [-0.2, 0) is 27.1 Å². The second-order valence-corrected chi connectivity index (χ2v) is 13.2. The highest BCUT2D eigenvalue weighted by Crippen LogP contribution is 2.49. The molecule has 7 nitrogen and oxygen atoms in total. The number of esters is 1. The molecule has 5 rings (SSSR count). The van der Waals surface area contributed by atoms with Crippen molar-refractivity contribution in [2.75, 3.05) is 31.6 Å². The molecule has 1 atom stereocenters. The highest BCUT2D eigenvalue weighted by molar-refractivity contribution is 5.79. The smallest absolute Gasteiger partial charge is 0.328 e. The fraction of sp³-hybridized carbons (Fsp3) is 0.647. The molecule has 2 fully saturated rings. The van der Waals surface area contributed by atoms with Crippen molar-refractivity contribution in [3.05, 3.63) is 52.7 Å². The van der Waals surface area contributed by atoms with Crippen LogP contribution in [0.3, 0.4) is 0 Å². The van der Waals surface area contributed by atoms with Crippen molar-refractivity contribution in [3.8, 4) is 5.75 Å². The normalized spacial score (nSPS) is 18.4. The van der Waals surface area contributed by atoms with E-state index in [-0.39, 0.29) is 18.2 Å². The molecule has 3 heterocycles. The van der Waals surface area contributed by atoms with E-state index >= 15 is 0 Å². The van der Waals surface area contributed by atoms with Gasteiger partial charge in [0.05, 0.1) is 12.2 Å². The molecule has 0 bridgehead atoms. The van der Waals surface area contributed by atoms with Crippen LogP contribution in [0.2, 0.25) is 0 Å². The number of carbonyl (C=O) groups excluding carboxylic acids is 1. The third kappa shape index (κ3) is 8.01. The zero-order valence-corrected chi connectivity index (χ0v) is 25.7. The van der Waals surface area contributed by atoms with Crippen LogP contribution >= 0.6 is 0 Å². The van der Waals surface area contributed by atoms with Gasteiger partial charge in [-0.3, -0.25) is 4.90 Å². The summed E-state index contributed by atoms with van der Waals surface area (Å²) in [5.74, 6) is 2.25. The Morgan fingerprint density at radius 1 is 1.10 bits per heavy atom. The van der Waals surface area contributed by atoms with E-state index < -0.39 is 11.6 Å². The summed E-state index contributed by atoms with van der Waals surface area (Å²) in [5.41, 5.74) is 4.19. The zero-order valence-electron chi connectivity index (χ0n) is 25.7. The van der Waals surface area contributed by atoms with E-state index in [0.717, 1.165) is 88.3 Å². The van der Waals surface area contributed by atoms with Crippen molar-refractivity contribution in [1.82, 2.24) is 9.88 Å². The molecular formula is C34H49N3O4. The monoisotopic (exact) mass is 563 g/mol. The van der Waals surface area contributed by atoms with Gasteiger partial charge in [0.15, 0.2) is 0 Å². The minimum atomic E-state index is -0.549. The summed E-state index contributed by atoms with van der Waals surface area (Å²) in [6, 6.07) is 10.1. The fourth-order valence-electron chi connectivity index (χ4n) is 5.92. The zero-order chi connectivity index (χ0) is 29.0. The number of carbonyl (C=O) groups is 1. The fourth-order valence-corrected chi connectivity index (χ4v) is 5.92. The molecular weight excluding hydrogens is 514 g/mol. The first-order chi connectivity index (χ1) is 19.7. The van der Waals surface area contributed by atoms with E-state index in [2.05, 4.69) is 42.3 Å². The van der Waals surface area contributed by atoms with E-state index in [0.29, 0.717) is 5.92 Å². The Morgan fingerprint density at radius 3 is 2.63 bits per heavy atom. The standard InChI is InChI=1S/C34H49N3O4/c1-23(2)40-29-14-9-13-28(30(29)24-15-16-24)31(33(38)41-34(3,4)5)37-21-27(22-37)39-20-8-6-7-12-26-18-17-25-11-10-19-35-32(25)36-26/h9,13-14,17-18,23-24,27,31H,6-8,10-12,15-16,19-22H2,1-5H3,(H,35,36). The lowest BCUT2D eigenvalue weighted by molar-refractivity contribution is -0.168. The number of benzene rings is 1. The van der Waals surface area contributed by atoms with Crippen molar-refractivity contribution in [1.29, 1.82) is 0 Å². The Labute approximate surface area is 246 Å². The maximum atomic E-state index is 13.6. The Hall–Kier alpha value is -2.64. The first-order valence-corrected chi connectivity index (χ1v) is 15.8. The number of fused-ring (bicyclic) bond motifs is 1. The van der Waals surface area contributed by atoms with Crippen LogP contribution in [0.4, 0.5) is 5.82 Å². The Morgan fingerprint density at radius 2 is 1.90 bits per heavy atom. The molecule has 224 valence electrons. The molecule has 1 saturated carbocycles. The van der Waals surface area contributed by atoms with Gasteiger partial charge >= 0.3 is 5.97 Å². The number of pyridine rings is 1. The molecule has 3 aliphatic rings. The summed E-state index contributed by atoms with van der Waals surface area (Å²) in [7, 11) is 0. The second kappa shape index (κ2) is 13.1. The molecule has 0 radical (unpaired) electrons. The summed E-state index contributed by atoms with van der Waals surface area (Å²) in [5, 5.41) is 3.43. The number of hydrogen-bond acceptors (Lipinski definition) is 7. The number of aromatic nitrogens is 1. The lowest BCUT2D eigenvalue weighted by Crippen LogP contribution is -2.56. The molecule has 1 aromatic heterocycles. The number of ether oxygens (including phenoxy) is 3. The van der Waals surface area contributed by atoms with Gasteiger partial charge in [0.25, 0.3) is 0 Å². The summed E-state index contributed by atoms with van der Waals surface area (Å²) in [6.07, 6.45) is 9.10. The molecule has 2 aliphatic heterocycles. The van der Waals surface area contributed by atoms with Gasteiger partial charge in [-0.15, -0.1) is 0 Å². The van der Waals surface area contributed by atoms with E-state index in [4.69, 9.17) is 19.2 Å². The van der Waals surface area contributed by atoms with Gasteiger partial charge < -0.3 is 19.5 Å². The predicted molar refractivity (Wildman–Crippen MR) is 163 cm³/mol. The number of nitrogens with zero attached hydrogens (tertiary/aromatic N) is 2. The van der Waals surface area contributed by atoms with E-state index in [1.807, 2.05) is 32.9 Å². The Bertz CT molecular complexity index is 1180. The average molecular weight is 564 g/mol. The number of likely N-dealkylation sites (tertiary alicyclic amines) is 1. The first kappa shape index (κ1) is 29.8. The molecule has 1 saturated heterocycles. The highest BCUT2D eigenvalue weighted by Gasteiger charge is 2.43. The van der Waals surface area contributed by atoms with Gasteiger partial charge in [0.2, 0.25) is 0 Å². The molecule has 41 heavy (non-hydrogen) atoms. The molecule has 0 amide bonds. The van der Waals surface area contributed by atoms with Gasteiger partial charge in [-0.25, -0.2) is 9.78 Å². The molecule has 0 spiro atoms. The minimum Gasteiger partial charge on any atom is -0.491 e. The summed E-state index contributed by atoms with van der Waals surface area (Å²) >= 11 is 0. The number of aryl methyl sites for hydroxylation is 2. The van der Waals surface area contributed by atoms with Gasteiger partial charge in [-0.05, 0) is 109 Å². The van der Waals surface area contributed by atoms with Gasteiger partial charge in [0, 0.05) is 37.5 Å². The Kier molecular flexibility index (Phi) is 9.55. The van der Waals surface area contributed by atoms with Crippen molar-refractivity contribution in [3.63, 3.8) is 0 Å². The molecule has 1 N–H and O–H groups in total. The molecule has 1 aliphatic carbocycles. The highest BCUT2D eigenvalue weighted by atomic mass is 16.6. The summed E-state index contributed by atoms with van der Waals surface area (Å²) in [4.78, 5) is 20.6. The third-order valence-electron chi connectivity index (χ3n) is 8.00. The second-order valence-electron chi connectivity index (χ2n) is 13.2. The van der Waals surface area contributed by atoms with Crippen molar-refractivity contribution in [2.24, 2.45) is 0 Å². The van der Waals surface area contributed by atoms with Crippen LogP contribution in [0.5, 0.6) is 5.75 Å². The number of rotatable bonds is 13. The van der Waals surface area contributed by atoms with Gasteiger partial charge in [-0.1, -0.05) is 24.6 Å². The van der Waals surface area contributed by atoms with Crippen molar-refractivity contribution in [2.45, 2.75) is 116 Å². The number of nitrogens with one attached hydrogen (secondary N) is 1. The number of unbranched alkanes of at least 4 members (excludes halogenated alkanes) is 2. The quantitative estimate of drug-likeness (QED) is 0.217. The summed E-state index contributed by atoms with van der Waals surface area (Å²) in [6.45, 7) is 13.1. The number of anilines is 1. The first-order valence-electron chi connectivity index (χ1n) is 15.8. The van der Waals surface area contributed by atoms with Crippen molar-refractivity contribution >= 4 is 11.8 Å². The van der Waals surface area contributed by atoms with Crippen LogP contribution in [0.25, 0.3) is 0 Å². The summed E-state index contributed by atoms with van der Waals surface area (Å²) < 4.78 is 18.4. The van der Waals surface area contributed by atoms with Gasteiger partial charge in [0.1, 0.15) is 23.2 Å². The van der Waals surface area contributed by atoms with E-state index in [1.165, 1.54) is 23.2 Å². The van der Waals surface area contributed by atoms with E-state index in [9.17, 15) is 4.79 Å². The Balaban J connectivity index is 1.13. The third-order valence-corrected chi connectivity index (χ3v) is 8.00. The van der Waals surface area contributed by atoms with Crippen LogP contribution in [-0.4, -0.2) is 59.9 Å². The largest absolute Gasteiger partial charge is 0.491 e. The van der Waals surface area contributed by atoms with Gasteiger partial charge in [-0.2, -0.15) is 0 Å². The van der Waals surface area contributed by atoms with Crippen LogP contribution in [0.15, 0.2) is 30.3 Å². The van der Waals surface area contributed by atoms with Crippen LogP contribution in [0, 0.1) is 0 Å². The van der Waals surface area contributed by atoms with E-state index in [1.54, 1.807) is 0 Å². The van der Waals surface area contributed by atoms with Crippen molar-refractivity contribution < 1.29 is 19.0 Å². The lowest BCUT2D eigenvalue weighted by atomic mass is 9.92. The van der Waals surface area contributed by atoms with Crippen LogP contribution in [0.1, 0.15) is 107 Å². The maximum Gasteiger partial charge on any atom is 0.328 e. The minimum absolute atomic E-state index is 0.0794.